The lowest BCUT2D eigenvalue weighted by Crippen LogP contribution is -2.35. The summed E-state index contributed by atoms with van der Waals surface area (Å²) in [5.41, 5.74) is 8.03. The highest BCUT2D eigenvalue weighted by molar-refractivity contribution is 7.89. The Bertz CT molecular complexity index is 1210. The second-order valence-electron chi connectivity index (χ2n) is 8.71. The number of sulfonamides is 1. The van der Waals surface area contributed by atoms with Crippen LogP contribution in [0.5, 0.6) is 0 Å². The molecule has 1 saturated carbocycles. The largest absolute Gasteiger partial charge is 0.393 e. The van der Waals surface area contributed by atoms with Crippen LogP contribution in [0.25, 0.3) is 22.3 Å². The summed E-state index contributed by atoms with van der Waals surface area (Å²) < 4.78 is 29.4. The van der Waals surface area contributed by atoms with Gasteiger partial charge in [0.15, 0.2) is 5.65 Å². The van der Waals surface area contributed by atoms with Crippen molar-refractivity contribution in [3.05, 3.63) is 30.5 Å². The SMILES string of the molecule is Nc1ncc2c(-c3ccc(S(=O)(=O)N4CCCCC4)cc3)nn([C@H]3CC[C@H](O)CC3)c2n1. The van der Waals surface area contributed by atoms with Crippen molar-refractivity contribution in [1.82, 2.24) is 24.1 Å². The van der Waals surface area contributed by atoms with Crippen molar-refractivity contribution in [2.45, 2.75) is 62.0 Å². The molecule has 1 aliphatic heterocycles. The number of anilines is 1. The van der Waals surface area contributed by atoms with Crippen LogP contribution in [0.2, 0.25) is 0 Å². The Morgan fingerprint density at radius 1 is 1.00 bits per heavy atom. The van der Waals surface area contributed by atoms with E-state index in [0.29, 0.717) is 29.3 Å². The minimum absolute atomic E-state index is 0.128. The Kier molecular flexibility index (Phi) is 5.60. The first-order chi connectivity index (χ1) is 15.4. The van der Waals surface area contributed by atoms with E-state index < -0.39 is 10.0 Å². The summed E-state index contributed by atoms with van der Waals surface area (Å²) in [6, 6.07) is 7.02. The molecule has 5 rings (SSSR count). The molecule has 1 aromatic carbocycles. The lowest BCUT2D eigenvalue weighted by atomic mass is 9.93. The normalized spacial score (nSPS) is 22.9. The number of piperidine rings is 1. The predicted octanol–water partition coefficient (Wildman–Crippen LogP) is 2.73. The van der Waals surface area contributed by atoms with Crippen LogP contribution in [0, 0.1) is 0 Å². The Balaban J connectivity index is 1.51. The first kappa shape index (κ1) is 21.3. The molecule has 32 heavy (non-hydrogen) atoms. The number of nitrogens with two attached hydrogens (primary N) is 1. The van der Waals surface area contributed by atoms with E-state index >= 15 is 0 Å². The van der Waals surface area contributed by atoms with Crippen LogP contribution in [0.15, 0.2) is 35.4 Å². The van der Waals surface area contributed by atoms with E-state index in [1.165, 1.54) is 0 Å². The van der Waals surface area contributed by atoms with Crippen LogP contribution in [-0.2, 0) is 10.0 Å². The highest BCUT2D eigenvalue weighted by Gasteiger charge is 2.27. The Labute approximate surface area is 187 Å². The molecule has 1 aliphatic carbocycles. The maximum atomic E-state index is 13.0. The molecule has 2 aliphatic rings. The number of hydrogen-bond donors (Lipinski definition) is 2. The monoisotopic (exact) mass is 456 g/mol. The third-order valence-corrected chi connectivity index (χ3v) is 8.47. The van der Waals surface area contributed by atoms with Gasteiger partial charge in [-0.3, -0.25) is 0 Å². The van der Waals surface area contributed by atoms with Gasteiger partial charge in [-0.15, -0.1) is 0 Å². The van der Waals surface area contributed by atoms with Gasteiger partial charge in [0, 0.05) is 24.8 Å². The van der Waals surface area contributed by atoms with Crippen LogP contribution >= 0.6 is 0 Å². The van der Waals surface area contributed by atoms with Gasteiger partial charge in [-0.25, -0.2) is 18.1 Å². The van der Waals surface area contributed by atoms with Gasteiger partial charge in [0.1, 0.15) is 5.69 Å². The zero-order valence-corrected chi connectivity index (χ0v) is 18.7. The smallest absolute Gasteiger partial charge is 0.243 e. The van der Waals surface area contributed by atoms with Gasteiger partial charge in [0.25, 0.3) is 0 Å². The average molecular weight is 457 g/mol. The molecular formula is C22H28N6O3S. The topological polar surface area (TPSA) is 127 Å². The van der Waals surface area contributed by atoms with Gasteiger partial charge in [0.2, 0.25) is 16.0 Å². The molecule has 0 bridgehead atoms. The van der Waals surface area contributed by atoms with E-state index in [1.54, 1.807) is 34.8 Å². The van der Waals surface area contributed by atoms with Gasteiger partial charge in [-0.05, 0) is 50.7 Å². The van der Waals surface area contributed by atoms with Crippen molar-refractivity contribution >= 4 is 27.0 Å². The Morgan fingerprint density at radius 2 is 1.69 bits per heavy atom. The summed E-state index contributed by atoms with van der Waals surface area (Å²) in [5, 5.41) is 15.5. The molecule has 10 heteroatoms. The average Bonchev–Trinajstić information content (AvgIpc) is 3.19. The van der Waals surface area contributed by atoms with Crippen molar-refractivity contribution in [3.63, 3.8) is 0 Å². The molecule has 0 atom stereocenters. The standard InChI is InChI=1S/C22H28N6O3S/c23-22-24-14-19-20(26-28(21(19)25-22)16-6-8-17(29)9-7-16)15-4-10-18(11-5-15)32(30,31)27-12-2-1-3-13-27/h4-5,10-11,14,16-17,29H,1-3,6-9,12-13H2,(H2,23,24,25)/t16-,17-. The molecule has 3 N–H and O–H groups in total. The molecule has 3 aromatic rings. The van der Waals surface area contributed by atoms with Crippen LogP contribution in [0.4, 0.5) is 5.95 Å². The fourth-order valence-corrected chi connectivity index (χ4v) is 6.26. The van der Waals surface area contributed by atoms with E-state index in [9.17, 15) is 13.5 Å². The van der Waals surface area contributed by atoms with Gasteiger partial charge < -0.3 is 10.8 Å². The number of aliphatic hydroxyl groups is 1. The van der Waals surface area contributed by atoms with E-state index in [2.05, 4.69) is 9.97 Å². The number of aromatic nitrogens is 4. The van der Waals surface area contributed by atoms with Crippen molar-refractivity contribution < 1.29 is 13.5 Å². The second kappa shape index (κ2) is 8.42. The Morgan fingerprint density at radius 3 is 2.38 bits per heavy atom. The van der Waals surface area contributed by atoms with Crippen molar-refractivity contribution in [2.75, 3.05) is 18.8 Å². The minimum atomic E-state index is -3.48. The zero-order chi connectivity index (χ0) is 22.3. The Hall–Kier alpha value is -2.56. The maximum Gasteiger partial charge on any atom is 0.243 e. The minimum Gasteiger partial charge on any atom is -0.393 e. The van der Waals surface area contributed by atoms with Crippen LogP contribution in [0.1, 0.15) is 51.0 Å². The lowest BCUT2D eigenvalue weighted by molar-refractivity contribution is 0.109. The fraction of sp³-hybridized carbons (Fsp3) is 0.500. The number of aliphatic hydroxyl groups excluding tert-OH is 1. The molecule has 3 heterocycles. The van der Waals surface area contributed by atoms with Gasteiger partial charge in [-0.1, -0.05) is 18.6 Å². The number of fused-ring (bicyclic) bond motifs is 1. The third-order valence-electron chi connectivity index (χ3n) is 6.56. The first-order valence-electron chi connectivity index (χ1n) is 11.2. The van der Waals surface area contributed by atoms with E-state index in [4.69, 9.17) is 10.8 Å². The second-order valence-corrected chi connectivity index (χ2v) is 10.6. The molecule has 9 nitrogen and oxygen atoms in total. The highest BCUT2D eigenvalue weighted by atomic mass is 32.2. The zero-order valence-electron chi connectivity index (χ0n) is 17.9. The molecule has 1 saturated heterocycles. The number of rotatable bonds is 4. The molecule has 170 valence electrons. The molecular weight excluding hydrogens is 428 g/mol. The van der Waals surface area contributed by atoms with Gasteiger partial charge in [0.05, 0.1) is 22.4 Å². The molecule has 2 aromatic heterocycles. The summed E-state index contributed by atoms with van der Waals surface area (Å²) in [4.78, 5) is 8.89. The van der Waals surface area contributed by atoms with Crippen molar-refractivity contribution in [1.29, 1.82) is 0 Å². The molecule has 0 radical (unpaired) electrons. The summed E-state index contributed by atoms with van der Waals surface area (Å²) >= 11 is 0. The van der Waals surface area contributed by atoms with Crippen LogP contribution in [0.3, 0.4) is 0 Å². The van der Waals surface area contributed by atoms with Crippen molar-refractivity contribution in [3.8, 4) is 11.3 Å². The van der Waals surface area contributed by atoms with Crippen molar-refractivity contribution in [2.24, 2.45) is 0 Å². The van der Waals surface area contributed by atoms with Gasteiger partial charge >= 0.3 is 0 Å². The molecule has 0 spiro atoms. The third kappa shape index (κ3) is 3.87. The van der Waals surface area contributed by atoms with Gasteiger partial charge in [-0.2, -0.15) is 14.4 Å². The van der Waals surface area contributed by atoms with E-state index in [1.807, 2.05) is 4.68 Å². The number of benzene rings is 1. The number of hydrogen-bond acceptors (Lipinski definition) is 7. The summed E-state index contributed by atoms with van der Waals surface area (Å²) in [5.74, 6) is 0.184. The number of nitrogens with zero attached hydrogens (tertiary/aromatic N) is 5. The first-order valence-corrected chi connectivity index (χ1v) is 12.7. The van der Waals surface area contributed by atoms with Crippen LogP contribution in [-0.4, -0.2) is 56.8 Å². The molecule has 0 unspecified atom stereocenters. The van der Waals surface area contributed by atoms with Crippen LogP contribution < -0.4 is 5.73 Å². The molecule has 2 fully saturated rings. The van der Waals surface area contributed by atoms with E-state index in [0.717, 1.165) is 55.9 Å². The molecule has 0 amide bonds. The highest BCUT2D eigenvalue weighted by Crippen LogP contribution is 2.34. The maximum absolute atomic E-state index is 13.0. The predicted molar refractivity (Wildman–Crippen MR) is 121 cm³/mol. The summed E-state index contributed by atoms with van der Waals surface area (Å²) in [6.45, 7) is 1.15. The fourth-order valence-electron chi connectivity index (χ4n) is 4.75. The summed E-state index contributed by atoms with van der Waals surface area (Å²) in [6.07, 6.45) is 7.38. The lowest BCUT2D eigenvalue weighted by Gasteiger charge is -2.26. The number of nitrogen functional groups attached to an aromatic ring is 1. The van der Waals surface area contributed by atoms with E-state index in [-0.39, 0.29) is 18.1 Å². The summed E-state index contributed by atoms with van der Waals surface area (Å²) in [7, 11) is -3.48. The quantitative estimate of drug-likeness (QED) is 0.618.